The lowest BCUT2D eigenvalue weighted by Gasteiger charge is -2.33. The molecule has 2 saturated heterocycles. The molecule has 1 N–H and O–H groups in total. The van der Waals surface area contributed by atoms with Crippen LogP contribution in [-0.2, 0) is 4.74 Å². The minimum Gasteiger partial charge on any atom is -0.494 e. The summed E-state index contributed by atoms with van der Waals surface area (Å²) in [6, 6.07) is 9.79. The van der Waals surface area contributed by atoms with Crippen molar-refractivity contribution in [1.82, 2.24) is 0 Å². The number of hydrogen-bond acceptors (Lipinski definition) is 4. The van der Waals surface area contributed by atoms with E-state index in [1.165, 1.54) is 0 Å². The van der Waals surface area contributed by atoms with Crippen molar-refractivity contribution in [2.45, 2.75) is 50.9 Å². The fraction of sp³-hybridized carbons (Fsp3) is 0.588. The first-order valence-corrected chi connectivity index (χ1v) is 7.67. The van der Waals surface area contributed by atoms with Crippen molar-refractivity contribution in [3.8, 4) is 11.8 Å². The molecule has 0 saturated carbocycles. The maximum atomic E-state index is 10.8. The van der Waals surface area contributed by atoms with E-state index in [9.17, 15) is 10.4 Å². The maximum Gasteiger partial charge on any atom is 0.119 e. The smallest absolute Gasteiger partial charge is 0.119 e. The van der Waals surface area contributed by atoms with Gasteiger partial charge >= 0.3 is 0 Å². The number of benzene rings is 1. The lowest BCUT2D eigenvalue weighted by molar-refractivity contribution is 0.00330. The van der Waals surface area contributed by atoms with Crippen LogP contribution >= 0.6 is 0 Å². The number of aliphatic hydroxyl groups excluding tert-OH is 1. The van der Waals surface area contributed by atoms with Crippen molar-refractivity contribution in [2.75, 3.05) is 6.61 Å². The van der Waals surface area contributed by atoms with Crippen LogP contribution in [0.15, 0.2) is 24.3 Å². The van der Waals surface area contributed by atoms with Gasteiger partial charge in [0.2, 0.25) is 0 Å². The van der Waals surface area contributed by atoms with Gasteiger partial charge in [-0.1, -0.05) is 19.1 Å². The van der Waals surface area contributed by atoms with Gasteiger partial charge in [0.05, 0.1) is 24.9 Å². The molecular weight excluding hydrogens is 266 g/mol. The van der Waals surface area contributed by atoms with Crippen LogP contribution in [0.1, 0.15) is 44.3 Å². The molecule has 0 radical (unpaired) electrons. The Hall–Kier alpha value is -1.57. The van der Waals surface area contributed by atoms with Gasteiger partial charge in [0.15, 0.2) is 0 Å². The van der Waals surface area contributed by atoms with Crippen LogP contribution in [0.4, 0.5) is 0 Å². The second-order valence-electron chi connectivity index (χ2n) is 6.00. The monoisotopic (exact) mass is 287 g/mol. The van der Waals surface area contributed by atoms with Gasteiger partial charge in [0.25, 0.3) is 0 Å². The van der Waals surface area contributed by atoms with Crippen LogP contribution in [0, 0.1) is 16.7 Å². The molecule has 4 atom stereocenters. The van der Waals surface area contributed by atoms with E-state index in [0.29, 0.717) is 13.0 Å². The van der Waals surface area contributed by atoms with Crippen molar-refractivity contribution >= 4 is 0 Å². The zero-order valence-corrected chi connectivity index (χ0v) is 12.3. The first kappa shape index (κ1) is 14.4. The van der Waals surface area contributed by atoms with Crippen molar-refractivity contribution in [1.29, 1.82) is 5.26 Å². The predicted octanol–water partition coefficient (Wildman–Crippen LogP) is 2.97. The topological polar surface area (TPSA) is 62.5 Å². The number of nitrogens with zero attached hydrogens (tertiary/aromatic N) is 1. The van der Waals surface area contributed by atoms with Crippen molar-refractivity contribution in [3.63, 3.8) is 0 Å². The molecule has 4 heteroatoms. The van der Waals surface area contributed by atoms with Crippen LogP contribution in [0.2, 0.25) is 0 Å². The summed E-state index contributed by atoms with van der Waals surface area (Å²) in [7, 11) is 0. The Kier molecular flexibility index (Phi) is 3.88. The third-order valence-electron chi connectivity index (χ3n) is 4.59. The SMILES string of the molecule is CCCOc1cccc(C(O)C2(C#N)CC3CCC2O3)c1. The molecule has 21 heavy (non-hydrogen) atoms. The molecule has 0 aliphatic carbocycles. The highest BCUT2D eigenvalue weighted by molar-refractivity contribution is 5.33. The molecule has 0 spiro atoms. The Morgan fingerprint density at radius 2 is 2.38 bits per heavy atom. The van der Waals surface area contributed by atoms with E-state index in [4.69, 9.17) is 9.47 Å². The van der Waals surface area contributed by atoms with Crippen LogP contribution in [0.5, 0.6) is 5.75 Å². The molecule has 1 aromatic rings. The Bertz CT molecular complexity index is 553. The Balaban J connectivity index is 1.84. The second kappa shape index (κ2) is 5.67. The largest absolute Gasteiger partial charge is 0.494 e. The molecular formula is C17H21NO3. The normalized spacial score (nSPS) is 31.9. The zero-order valence-electron chi connectivity index (χ0n) is 12.3. The average Bonchev–Trinajstić information content (AvgIpc) is 3.13. The summed E-state index contributed by atoms with van der Waals surface area (Å²) in [6.45, 7) is 2.70. The predicted molar refractivity (Wildman–Crippen MR) is 77.7 cm³/mol. The first-order chi connectivity index (χ1) is 10.2. The minimum absolute atomic E-state index is 0.129. The standard InChI is InChI=1S/C17H21NO3/c1-2-8-20-13-5-3-4-12(9-13)16(19)17(11-18)10-14-6-7-15(17)21-14/h3-5,9,14-16,19H,2,6-8,10H2,1H3. The van der Waals surface area contributed by atoms with Gasteiger partial charge < -0.3 is 14.6 Å². The minimum atomic E-state index is -0.831. The van der Waals surface area contributed by atoms with E-state index in [-0.39, 0.29) is 12.2 Å². The Morgan fingerprint density at radius 1 is 1.52 bits per heavy atom. The second-order valence-corrected chi connectivity index (χ2v) is 6.00. The molecule has 2 fully saturated rings. The number of fused-ring (bicyclic) bond motifs is 2. The molecule has 112 valence electrons. The average molecular weight is 287 g/mol. The molecule has 2 bridgehead atoms. The molecule has 4 nitrogen and oxygen atoms in total. The fourth-order valence-electron chi connectivity index (χ4n) is 3.50. The van der Waals surface area contributed by atoms with Crippen LogP contribution in [0.25, 0.3) is 0 Å². The van der Waals surface area contributed by atoms with Gasteiger partial charge in [-0.3, -0.25) is 0 Å². The summed E-state index contributed by atoms with van der Waals surface area (Å²) in [5.41, 5.74) is -0.0759. The van der Waals surface area contributed by atoms with E-state index in [2.05, 4.69) is 13.0 Å². The van der Waals surface area contributed by atoms with Gasteiger partial charge in [-0.05, 0) is 43.4 Å². The van der Waals surface area contributed by atoms with Crippen LogP contribution < -0.4 is 4.74 Å². The van der Waals surface area contributed by atoms with Crippen LogP contribution in [0.3, 0.4) is 0 Å². The van der Waals surface area contributed by atoms with Gasteiger partial charge in [-0.2, -0.15) is 5.26 Å². The van der Waals surface area contributed by atoms with Gasteiger partial charge in [0.1, 0.15) is 17.3 Å². The van der Waals surface area contributed by atoms with E-state index >= 15 is 0 Å². The van der Waals surface area contributed by atoms with Crippen LogP contribution in [-0.4, -0.2) is 23.9 Å². The molecule has 2 aliphatic heterocycles. The lowest BCUT2D eigenvalue weighted by atomic mass is 9.69. The highest BCUT2D eigenvalue weighted by atomic mass is 16.5. The van der Waals surface area contributed by atoms with Gasteiger partial charge in [-0.15, -0.1) is 0 Å². The highest BCUT2D eigenvalue weighted by Gasteiger charge is 2.57. The number of aliphatic hydroxyl groups is 1. The quantitative estimate of drug-likeness (QED) is 0.904. The molecule has 2 aliphatic rings. The van der Waals surface area contributed by atoms with Gasteiger partial charge in [0, 0.05) is 0 Å². The summed E-state index contributed by atoms with van der Waals surface area (Å²) in [6.07, 6.45) is 2.57. The molecule has 1 aromatic carbocycles. The highest BCUT2D eigenvalue weighted by Crippen LogP contribution is 2.54. The van der Waals surface area contributed by atoms with E-state index in [0.717, 1.165) is 30.6 Å². The van der Waals surface area contributed by atoms with E-state index in [1.807, 2.05) is 24.3 Å². The first-order valence-electron chi connectivity index (χ1n) is 7.67. The zero-order chi connectivity index (χ0) is 14.9. The molecule has 0 amide bonds. The Morgan fingerprint density at radius 3 is 3.00 bits per heavy atom. The summed E-state index contributed by atoms with van der Waals surface area (Å²) >= 11 is 0. The summed E-state index contributed by atoms with van der Waals surface area (Å²) in [5, 5.41) is 20.4. The third-order valence-corrected chi connectivity index (χ3v) is 4.59. The number of rotatable bonds is 5. The van der Waals surface area contributed by atoms with Crippen molar-refractivity contribution < 1.29 is 14.6 Å². The summed E-state index contributed by atoms with van der Waals surface area (Å²) in [5.74, 6) is 0.741. The molecule has 3 rings (SSSR count). The molecule has 4 unspecified atom stereocenters. The molecule has 0 aromatic heterocycles. The summed E-state index contributed by atoms with van der Waals surface area (Å²) in [4.78, 5) is 0. The Labute approximate surface area is 125 Å². The van der Waals surface area contributed by atoms with Crippen molar-refractivity contribution in [2.24, 2.45) is 5.41 Å². The summed E-state index contributed by atoms with van der Waals surface area (Å²) < 4.78 is 11.4. The molecule has 2 heterocycles. The third kappa shape index (κ3) is 2.41. The van der Waals surface area contributed by atoms with Crippen molar-refractivity contribution in [3.05, 3.63) is 29.8 Å². The number of nitriles is 1. The maximum absolute atomic E-state index is 10.8. The number of hydrogen-bond donors (Lipinski definition) is 1. The van der Waals surface area contributed by atoms with E-state index < -0.39 is 11.5 Å². The van der Waals surface area contributed by atoms with Gasteiger partial charge in [-0.25, -0.2) is 0 Å². The van der Waals surface area contributed by atoms with E-state index in [1.54, 1.807) is 0 Å². The lowest BCUT2D eigenvalue weighted by Crippen LogP contribution is -2.37. The fourth-order valence-corrected chi connectivity index (χ4v) is 3.50. The number of ether oxygens (including phenoxy) is 2.